The minimum atomic E-state index is 1.08. The van der Waals surface area contributed by atoms with Crippen LogP contribution >= 0.6 is 11.8 Å². The number of para-hydroxylation sites is 1. The number of hydrogen-bond donors (Lipinski definition) is 0. The minimum absolute atomic E-state index is 1.08. The molecule has 0 aliphatic rings. The van der Waals surface area contributed by atoms with E-state index in [0.717, 1.165) is 17.7 Å². The summed E-state index contributed by atoms with van der Waals surface area (Å²) in [5.74, 6) is 1.08. The average molecular weight is 265 g/mol. The fraction of sp³-hybridized carbons (Fsp3) is 0.118. The number of aromatic nitrogens is 1. The van der Waals surface area contributed by atoms with Crippen LogP contribution in [0.4, 0.5) is 0 Å². The molecule has 0 amide bonds. The van der Waals surface area contributed by atoms with Gasteiger partial charge in [-0.3, -0.25) is 4.98 Å². The summed E-state index contributed by atoms with van der Waals surface area (Å²) in [6, 6.07) is 21.1. The van der Waals surface area contributed by atoms with Crippen molar-refractivity contribution >= 4 is 22.7 Å². The Morgan fingerprint density at radius 1 is 0.842 bits per heavy atom. The highest BCUT2D eigenvalue weighted by Gasteiger charge is 2.02. The fourth-order valence-corrected chi connectivity index (χ4v) is 3.16. The van der Waals surface area contributed by atoms with E-state index in [0.29, 0.717) is 0 Å². The Labute approximate surface area is 117 Å². The van der Waals surface area contributed by atoms with Gasteiger partial charge in [-0.15, -0.1) is 11.8 Å². The molecule has 2 aromatic carbocycles. The number of benzene rings is 2. The minimum Gasteiger partial charge on any atom is -0.255 e. The molecule has 0 radical (unpaired) electrons. The Hall–Kier alpha value is -1.80. The van der Waals surface area contributed by atoms with Crippen molar-refractivity contribution in [3.8, 4) is 0 Å². The molecule has 0 aliphatic carbocycles. The summed E-state index contributed by atoms with van der Waals surface area (Å²) in [5.41, 5.74) is 2.51. The van der Waals surface area contributed by atoms with Gasteiger partial charge < -0.3 is 0 Å². The molecule has 0 saturated heterocycles. The Bertz CT molecular complexity index is 659. The van der Waals surface area contributed by atoms with Crippen molar-refractivity contribution in [1.29, 1.82) is 0 Å². The van der Waals surface area contributed by atoms with Crippen LogP contribution in [0, 0.1) is 0 Å². The predicted octanol–water partition coefficient (Wildman–Crippen LogP) is 4.57. The molecule has 3 rings (SSSR count). The van der Waals surface area contributed by atoms with Gasteiger partial charge in [-0.25, -0.2) is 0 Å². The van der Waals surface area contributed by atoms with E-state index in [4.69, 9.17) is 0 Å². The van der Waals surface area contributed by atoms with Crippen LogP contribution in [0.25, 0.3) is 10.9 Å². The lowest BCUT2D eigenvalue weighted by Crippen LogP contribution is -1.89. The topological polar surface area (TPSA) is 12.9 Å². The molecule has 0 unspecified atom stereocenters. The zero-order valence-electron chi connectivity index (χ0n) is 10.6. The van der Waals surface area contributed by atoms with Crippen molar-refractivity contribution in [3.63, 3.8) is 0 Å². The molecule has 0 N–H and O–H groups in total. The Kier molecular flexibility index (Phi) is 3.80. The molecule has 94 valence electrons. The van der Waals surface area contributed by atoms with Gasteiger partial charge in [0.05, 0.1) is 5.52 Å². The van der Waals surface area contributed by atoms with Crippen LogP contribution in [0.3, 0.4) is 0 Å². The van der Waals surface area contributed by atoms with E-state index in [1.54, 1.807) is 0 Å². The maximum Gasteiger partial charge on any atom is 0.0837 e. The Balaban J connectivity index is 1.72. The van der Waals surface area contributed by atoms with Gasteiger partial charge in [0.1, 0.15) is 0 Å². The van der Waals surface area contributed by atoms with E-state index in [1.165, 1.54) is 15.8 Å². The summed E-state index contributed by atoms with van der Waals surface area (Å²) >= 11 is 1.88. The Morgan fingerprint density at radius 3 is 2.58 bits per heavy atom. The zero-order valence-corrected chi connectivity index (χ0v) is 11.4. The first-order chi connectivity index (χ1) is 9.43. The van der Waals surface area contributed by atoms with Crippen LogP contribution in [-0.2, 0) is 6.42 Å². The van der Waals surface area contributed by atoms with Gasteiger partial charge in [-0.1, -0.05) is 48.5 Å². The predicted molar refractivity (Wildman–Crippen MR) is 82.6 cm³/mol. The molecule has 0 aliphatic heterocycles. The highest BCUT2D eigenvalue weighted by Crippen LogP contribution is 2.26. The van der Waals surface area contributed by atoms with Crippen molar-refractivity contribution in [2.45, 2.75) is 11.3 Å². The highest BCUT2D eigenvalue weighted by molar-refractivity contribution is 7.99. The highest BCUT2D eigenvalue weighted by atomic mass is 32.2. The van der Waals surface area contributed by atoms with Crippen LogP contribution in [0.2, 0.25) is 0 Å². The summed E-state index contributed by atoms with van der Waals surface area (Å²) in [5, 5.41) is 1.22. The first kappa shape index (κ1) is 12.2. The summed E-state index contributed by atoms with van der Waals surface area (Å²) < 4.78 is 0. The number of rotatable bonds is 4. The summed E-state index contributed by atoms with van der Waals surface area (Å²) in [4.78, 5) is 5.76. The smallest absolute Gasteiger partial charge is 0.0837 e. The van der Waals surface area contributed by atoms with Crippen LogP contribution in [0.15, 0.2) is 71.8 Å². The maximum atomic E-state index is 4.49. The third-order valence-electron chi connectivity index (χ3n) is 3.09. The van der Waals surface area contributed by atoms with E-state index < -0.39 is 0 Å². The largest absolute Gasteiger partial charge is 0.255 e. The standard InChI is InChI=1S/C17H15NS/c1-2-6-14(7-3-1)11-13-19-16-10-4-8-15-9-5-12-18-17(15)16/h1-10,12H,11,13H2. The molecule has 0 bridgehead atoms. The van der Waals surface area contributed by atoms with Crippen LogP contribution in [0.5, 0.6) is 0 Å². The van der Waals surface area contributed by atoms with E-state index >= 15 is 0 Å². The van der Waals surface area contributed by atoms with E-state index in [-0.39, 0.29) is 0 Å². The third kappa shape index (κ3) is 2.96. The first-order valence-corrected chi connectivity index (χ1v) is 7.42. The molecule has 1 aromatic heterocycles. The molecule has 19 heavy (non-hydrogen) atoms. The number of hydrogen-bond acceptors (Lipinski definition) is 2. The Morgan fingerprint density at radius 2 is 1.68 bits per heavy atom. The van der Waals surface area contributed by atoms with Gasteiger partial charge in [0, 0.05) is 22.2 Å². The molecule has 2 heteroatoms. The quantitative estimate of drug-likeness (QED) is 0.641. The molecular formula is C17H15NS. The summed E-state index contributed by atoms with van der Waals surface area (Å²) in [6.07, 6.45) is 2.96. The fourth-order valence-electron chi connectivity index (χ4n) is 2.12. The molecular weight excluding hydrogens is 250 g/mol. The molecule has 0 saturated carbocycles. The van der Waals surface area contributed by atoms with Crippen molar-refractivity contribution < 1.29 is 0 Å². The SMILES string of the molecule is c1ccc(CCSc2cccc3cccnc23)cc1. The van der Waals surface area contributed by atoms with Crippen molar-refractivity contribution in [1.82, 2.24) is 4.98 Å². The van der Waals surface area contributed by atoms with Crippen LogP contribution in [0.1, 0.15) is 5.56 Å². The van der Waals surface area contributed by atoms with Crippen LogP contribution in [-0.4, -0.2) is 10.7 Å². The van der Waals surface area contributed by atoms with Gasteiger partial charge in [-0.05, 0) is 24.1 Å². The number of nitrogens with zero attached hydrogens (tertiary/aromatic N) is 1. The van der Waals surface area contributed by atoms with Gasteiger partial charge in [0.25, 0.3) is 0 Å². The molecule has 3 aromatic rings. The lowest BCUT2D eigenvalue weighted by atomic mass is 10.2. The number of fused-ring (bicyclic) bond motifs is 1. The van der Waals surface area contributed by atoms with Crippen molar-refractivity contribution in [2.24, 2.45) is 0 Å². The van der Waals surface area contributed by atoms with Crippen molar-refractivity contribution in [2.75, 3.05) is 5.75 Å². The number of pyridine rings is 1. The molecule has 0 atom stereocenters. The number of thioether (sulfide) groups is 1. The first-order valence-electron chi connectivity index (χ1n) is 6.44. The van der Waals surface area contributed by atoms with E-state index in [1.807, 2.05) is 24.0 Å². The maximum absolute atomic E-state index is 4.49. The van der Waals surface area contributed by atoms with E-state index in [2.05, 4.69) is 59.6 Å². The zero-order chi connectivity index (χ0) is 12.9. The normalized spacial score (nSPS) is 10.7. The molecule has 1 heterocycles. The second-order valence-electron chi connectivity index (χ2n) is 4.42. The van der Waals surface area contributed by atoms with Crippen molar-refractivity contribution in [3.05, 3.63) is 72.4 Å². The molecule has 0 spiro atoms. The van der Waals surface area contributed by atoms with E-state index in [9.17, 15) is 0 Å². The van der Waals surface area contributed by atoms with Gasteiger partial charge in [0.15, 0.2) is 0 Å². The average Bonchev–Trinajstić information content (AvgIpc) is 2.49. The second-order valence-corrected chi connectivity index (χ2v) is 5.55. The van der Waals surface area contributed by atoms with Gasteiger partial charge >= 0.3 is 0 Å². The third-order valence-corrected chi connectivity index (χ3v) is 4.14. The summed E-state index contributed by atoms with van der Waals surface area (Å²) in [6.45, 7) is 0. The summed E-state index contributed by atoms with van der Waals surface area (Å²) in [7, 11) is 0. The monoisotopic (exact) mass is 265 g/mol. The lowest BCUT2D eigenvalue weighted by Gasteiger charge is -2.05. The van der Waals surface area contributed by atoms with Gasteiger partial charge in [-0.2, -0.15) is 0 Å². The second kappa shape index (κ2) is 5.89. The molecule has 0 fully saturated rings. The lowest BCUT2D eigenvalue weighted by molar-refractivity contribution is 1.15. The van der Waals surface area contributed by atoms with Crippen LogP contribution < -0.4 is 0 Å². The number of aryl methyl sites for hydroxylation is 1. The molecule has 1 nitrogen and oxygen atoms in total. The van der Waals surface area contributed by atoms with Gasteiger partial charge in [0.2, 0.25) is 0 Å².